The average Bonchev–Trinajstić information content (AvgIpc) is 2.37. The van der Waals surface area contributed by atoms with Crippen LogP contribution in [0.15, 0.2) is 18.2 Å². The van der Waals surface area contributed by atoms with Crippen molar-refractivity contribution in [3.05, 3.63) is 23.8 Å². The van der Waals surface area contributed by atoms with Crippen molar-refractivity contribution in [3.8, 4) is 0 Å². The van der Waals surface area contributed by atoms with Crippen LogP contribution in [0.3, 0.4) is 0 Å². The van der Waals surface area contributed by atoms with Crippen LogP contribution in [-0.2, 0) is 6.18 Å². The number of hydrogen-bond acceptors (Lipinski definition) is 2. The number of alkyl halides is 3. The van der Waals surface area contributed by atoms with Crippen molar-refractivity contribution in [2.75, 3.05) is 23.7 Å². The summed E-state index contributed by atoms with van der Waals surface area (Å²) in [5, 5.41) is 0. The van der Waals surface area contributed by atoms with E-state index >= 15 is 0 Å². The summed E-state index contributed by atoms with van der Waals surface area (Å²) in [5.41, 5.74) is 6.05. The lowest BCUT2D eigenvalue weighted by molar-refractivity contribution is -0.137. The largest absolute Gasteiger partial charge is 0.416 e. The molecule has 1 aliphatic heterocycles. The van der Waals surface area contributed by atoms with Crippen LogP contribution in [0.2, 0.25) is 0 Å². The Balaban J connectivity index is 2.11. The fourth-order valence-corrected chi connectivity index (χ4v) is 2.83. The van der Waals surface area contributed by atoms with Crippen LogP contribution >= 0.6 is 0 Å². The Kier molecular flexibility index (Phi) is 4.16. The molecule has 1 aromatic carbocycles. The van der Waals surface area contributed by atoms with Crippen molar-refractivity contribution in [2.45, 2.75) is 32.9 Å². The second-order valence-corrected chi connectivity index (χ2v) is 5.84. The second-order valence-electron chi connectivity index (χ2n) is 5.84. The number of hydrogen-bond donors (Lipinski definition) is 1. The maximum atomic E-state index is 12.6. The van der Waals surface area contributed by atoms with Crippen LogP contribution < -0.4 is 10.6 Å². The van der Waals surface area contributed by atoms with Crippen molar-refractivity contribution >= 4 is 11.4 Å². The van der Waals surface area contributed by atoms with Crippen molar-refractivity contribution in [2.24, 2.45) is 11.8 Å². The molecule has 1 saturated heterocycles. The van der Waals surface area contributed by atoms with Crippen LogP contribution in [0.25, 0.3) is 0 Å². The minimum absolute atomic E-state index is 0.211. The third-order valence-electron chi connectivity index (χ3n) is 4.18. The van der Waals surface area contributed by atoms with E-state index in [0.717, 1.165) is 43.8 Å². The van der Waals surface area contributed by atoms with Gasteiger partial charge in [0.2, 0.25) is 0 Å². The molecule has 2 rings (SSSR count). The SMILES string of the molecule is CC(C)C1CCN(c2ccc(C(F)(F)F)cc2N)CC1. The van der Waals surface area contributed by atoms with Crippen molar-refractivity contribution in [3.63, 3.8) is 0 Å². The van der Waals surface area contributed by atoms with E-state index in [9.17, 15) is 13.2 Å². The maximum Gasteiger partial charge on any atom is 0.416 e. The Morgan fingerprint density at radius 3 is 2.25 bits per heavy atom. The van der Waals surface area contributed by atoms with Gasteiger partial charge in [-0.1, -0.05) is 13.8 Å². The van der Waals surface area contributed by atoms with Gasteiger partial charge in [-0.05, 0) is 42.9 Å². The van der Waals surface area contributed by atoms with Crippen molar-refractivity contribution < 1.29 is 13.2 Å². The van der Waals surface area contributed by atoms with Gasteiger partial charge in [0.15, 0.2) is 0 Å². The standard InChI is InChI=1S/C15H21F3N2/c1-10(2)11-5-7-20(8-6-11)14-4-3-12(9-13(14)19)15(16,17)18/h3-4,9-11H,5-8,19H2,1-2H3. The fourth-order valence-electron chi connectivity index (χ4n) is 2.83. The summed E-state index contributed by atoms with van der Waals surface area (Å²) < 4.78 is 37.8. The molecule has 1 aliphatic rings. The van der Waals surface area contributed by atoms with Gasteiger partial charge in [0.05, 0.1) is 16.9 Å². The summed E-state index contributed by atoms with van der Waals surface area (Å²) in [6.07, 6.45) is -2.20. The lowest BCUT2D eigenvalue weighted by atomic mass is 9.86. The summed E-state index contributed by atoms with van der Waals surface area (Å²) in [6, 6.07) is 3.64. The van der Waals surface area contributed by atoms with Gasteiger partial charge in [-0.3, -0.25) is 0 Å². The Bertz CT molecular complexity index is 461. The summed E-state index contributed by atoms with van der Waals surface area (Å²) >= 11 is 0. The lowest BCUT2D eigenvalue weighted by Gasteiger charge is -2.36. The molecule has 0 amide bonds. The zero-order valence-electron chi connectivity index (χ0n) is 11.9. The highest BCUT2D eigenvalue weighted by molar-refractivity contribution is 5.68. The molecule has 2 N–H and O–H groups in total. The van der Waals surface area contributed by atoms with E-state index in [4.69, 9.17) is 5.73 Å². The third-order valence-corrected chi connectivity index (χ3v) is 4.18. The zero-order valence-corrected chi connectivity index (χ0v) is 11.9. The minimum Gasteiger partial charge on any atom is -0.397 e. The minimum atomic E-state index is -4.34. The second kappa shape index (κ2) is 5.54. The van der Waals surface area contributed by atoms with E-state index < -0.39 is 11.7 Å². The van der Waals surface area contributed by atoms with Crippen LogP contribution in [0, 0.1) is 11.8 Å². The van der Waals surface area contributed by atoms with E-state index in [0.29, 0.717) is 11.8 Å². The van der Waals surface area contributed by atoms with Gasteiger partial charge < -0.3 is 10.6 Å². The molecule has 20 heavy (non-hydrogen) atoms. The van der Waals surface area contributed by atoms with Gasteiger partial charge in [0, 0.05) is 13.1 Å². The predicted molar refractivity (Wildman–Crippen MR) is 75.6 cm³/mol. The highest BCUT2D eigenvalue weighted by Crippen LogP contribution is 2.36. The average molecular weight is 286 g/mol. The van der Waals surface area contributed by atoms with Gasteiger partial charge in [-0.15, -0.1) is 0 Å². The summed E-state index contributed by atoms with van der Waals surface area (Å²) in [6.45, 7) is 6.15. The quantitative estimate of drug-likeness (QED) is 0.827. The van der Waals surface area contributed by atoms with Gasteiger partial charge in [0.25, 0.3) is 0 Å². The smallest absolute Gasteiger partial charge is 0.397 e. The Labute approximate surface area is 117 Å². The number of halogens is 3. The Morgan fingerprint density at radius 1 is 1.20 bits per heavy atom. The van der Waals surface area contributed by atoms with E-state index in [1.54, 1.807) is 0 Å². The van der Waals surface area contributed by atoms with Crippen LogP contribution in [0.4, 0.5) is 24.5 Å². The van der Waals surface area contributed by atoms with Crippen molar-refractivity contribution in [1.82, 2.24) is 0 Å². The summed E-state index contributed by atoms with van der Waals surface area (Å²) in [5.74, 6) is 1.35. The molecule has 0 spiro atoms. The molecule has 0 saturated carbocycles. The first kappa shape index (κ1) is 15.0. The molecular weight excluding hydrogens is 265 g/mol. The predicted octanol–water partition coefficient (Wildman–Crippen LogP) is 4.16. The number of benzene rings is 1. The summed E-state index contributed by atoms with van der Waals surface area (Å²) in [7, 11) is 0. The molecule has 2 nitrogen and oxygen atoms in total. The first-order valence-corrected chi connectivity index (χ1v) is 7.00. The fraction of sp³-hybridized carbons (Fsp3) is 0.600. The number of anilines is 2. The number of nitrogens with two attached hydrogens (primary N) is 1. The number of nitrogen functional groups attached to an aromatic ring is 1. The number of nitrogens with zero attached hydrogens (tertiary/aromatic N) is 1. The topological polar surface area (TPSA) is 29.3 Å². The molecule has 1 fully saturated rings. The number of piperidine rings is 1. The molecule has 0 atom stereocenters. The molecule has 0 unspecified atom stereocenters. The van der Waals surface area contributed by atoms with E-state index in [1.165, 1.54) is 6.07 Å². The third kappa shape index (κ3) is 3.19. The van der Waals surface area contributed by atoms with E-state index in [-0.39, 0.29) is 5.69 Å². The molecule has 5 heteroatoms. The molecule has 112 valence electrons. The van der Waals surface area contributed by atoms with Crippen LogP contribution in [-0.4, -0.2) is 13.1 Å². The molecule has 0 bridgehead atoms. The van der Waals surface area contributed by atoms with Gasteiger partial charge in [0.1, 0.15) is 0 Å². The normalized spacial score (nSPS) is 17.8. The number of rotatable bonds is 2. The van der Waals surface area contributed by atoms with Gasteiger partial charge >= 0.3 is 6.18 Å². The first-order chi connectivity index (χ1) is 9.29. The molecule has 0 radical (unpaired) electrons. The highest BCUT2D eigenvalue weighted by atomic mass is 19.4. The Hall–Kier alpha value is -1.39. The highest BCUT2D eigenvalue weighted by Gasteiger charge is 2.31. The zero-order chi connectivity index (χ0) is 14.9. The van der Waals surface area contributed by atoms with E-state index in [2.05, 4.69) is 18.7 Å². The van der Waals surface area contributed by atoms with Crippen LogP contribution in [0.5, 0.6) is 0 Å². The summed E-state index contributed by atoms with van der Waals surface area (Å²) in [4.78, 5) is 2.09. The monoisotopic (exact) mass is 286 g/mol. The van der Waals surface area contributed by atoms with Crippen LogP contribution in [0.1, 0.15) is 32.3 Å². The lowest BCUT2D eigenvalue weighted by Crippen LogP contribution is -2.35. The Morgan fingerprint density at radius 2 is 1.80 bits per heavy atom. The van der Waals surface area contributed by atoms with Crippen molar-refractivity contribution in [1.29, 1.82) is 0 Å². The van der Waals surface area contributed by atoms with E-state index in [1.807, 2.05) is 0 Å². The van der Waals surface area contributed by atoms with Gasteiger partial charge in [-0.2, -0.15) is 13.2 Å². The molecular formula is C15H21F3N2. The molecule has 0 aliphatic carbocycles. The maximum absolute atomic E-state index is 12.6. The molecule has 1 heterocycles. The van der Waals surface area contributed by atoms with Gasteiger partial charge in [-0.25, -0.2) is 0 Å². The molecule has 0 aromatic heterocycles. The molecule has 1 aromatic rings. The first-order valence-electron chi connectivity index (χ1n) is 7.00.